The van der Waals surface area contributed by atoms with Crippen LogP contribution >= 0.6 is 0 Å². The van der Waals surface area contributed by atoms with Crippen LogP contribution < -0.4 is 0 Å². The van der Waals surface area contributed by atoms with E-state index in [1.807, 2.05) is 0 Å². The Morgan fingerprint density at radius 3 is 2.53 bits per heavy atom. The van der Waals surface area contributed by atoms with Gasteiger partial charge in [-0.1, -0.05) is 46.6 Å². The molecule has 2 bridgehead atoms. The SMILES string of the molecule is CCCCC/C=C1/C(=O)[C@]2(C)CC[C@H]1C2(C)C. The molecule has 0 aromatic rings. The lowest BCUT2D eigenvalue weighted by molar-refractivity contribution is -0.125. The first-order valence-corrected chi connectivity index (χ1v) is 7.20. The molecule has 2 saturated carbocycles. The van der Waals surface area contributed by atoms with Crippen molar-refractivity contribution in [1.82, 2.24) is 0 Å². The Hall–Kier alpha value is -0.590. The zero-order valence-corrected chi connectivity index (χ0v) is 11.8. The number of fused-ring (bicyclic) bond motifs is 2. The molecule has 2 aliphatic carbocycles. The molecule has 0 saturated heterocycles. The molecule has 2 rings (SSSR count). The minimum absolute atomic E-state index is 0.0751. The standard InChI is InChI=1S/C16H26O/c1-5-6-7-8-9-12-13-10-11-16(4,14(12)17)15(13,2)3/h9,13H,5-8,10-11H2,1-4H3/b12-9+/t13-,16+/m1/s1. The molecular formula is C16H26O. The van der Waals surface area contributed by atoms with Gasteiger partial charge in [0.2, 0.25) is 0 Å². The summed E-state index contributed by atoms with van der Waals surface area (Å²) >= 11 is 0. The van der Waals surface area contributed by atoms with E-state index in [-0.39, 0.29) is 10.8 Å². The van der Waals surface area contributed by atoms with Crippen molar-refractivity contribution in [1.29, 1.82) is 0 Å². The summed E-state index contributed by atoms with van der Waals surface area (Å²) in [6.07, 6.45) is 9.43. The Labute approximate surface area is 106 Å². The lowest BCUT2D eigenvalue weighted by Crippen LogP contribution is -2.32. The Morgan fingerprint density at radius 1 is 1.29 bits per heavy atom. The van der Waals surface area contributed by atoms with Crippen molar-refractivity contribution in [2.45, 2.75) is 66.2 Å². The quantitative estimate of drug-likeness (QED) is 0.516. The third-order valence-electron chi connectivity index (χ3n) is 5.54. The third kappa shape index (κ3) is 1.70. The van der Waals surface area contributed by atoms with Crippen LogP contribution in [0, 0.1) is 16.7 Å². The Balaban J connectivity index is 2.14. The highest BCUT2D eigenvalue weighted by Gasteiger charge is 2.63. The number of rotatable bonds is 4. The van der Waals surface area contributed by atoms with Crippen LogP contribution in [0.15, 0.2) is 11.6 Å². The first kappa shape index (κ1) is 12.9. The van der Waals surface area contributed by atoms with E-state index in [1.165, 1.54) is 31.3 Å². The van der Waals surface area contributed by atoms with E-state index in [4.69, 9.17) is 0 Å². The van der Waals surface area contributed by atoms with Gasteiger partial charge in [0, 0.05) is 5.41 Å². The topological polar surface area (TPSA) is 17.1 Å². The minimum Gasteiger partial charge on any atom is -0.294 e. The average molecular weight is 234 g/mol. The number of Topliss-reactive ketones (excluding diaryl/α,β-unsaturated/α-hetero) is 1. The highest BCUT2D eigenvalue weighted by atomic mass is 16.1. The molecule has 0 radical (unpaired) electrons. The van der Waals surface area contributed by atoms with Crippen LogP contribution in [0.2, 0.25) is 0 Å². The molecule has 0 heterocycles. The minimum atomic E-state index is -0.0751. The molecular weight excluding hydrogens is 208 g/mol. The summed E-state index contributed by atoms with van der Waals surface area (Å²) in [4.78, 5) is 12.5. The highest BCUT2D eigenvalue weighted by molar-refractivity contribution is 6.04. The van der Waals surface area contributed by atoms with Crippen molar-refractivity contribution in [3.8, 4) is 0 Å². The maximum absolute atomic E-state index is 12.5. The van der Waals surface area contributed by atoms with E-state index in [2.05, 4.69) is 33.8 Å². The van der Waals surface area contributed by atoms with Crippen LogP contribution in [0.1, 0.15) is 66.2 Å². The largest absolute Gasteiger partial charge is 0.294 e. The third-order valence-corrected chi connectivity index (χ3v) is 5.54. The number of allylic oxidation sites excluding steroid dienone is 2. The maximum Gasteiger partial charge on any atom is 0.165 e. The second-order valence-electron chi connectivity index (χ2n) is 6.63. The smallest absolute Gasteiger partial charge is 0.165 e. The molecule has 2 aliphatic rings. The van der Waals surface area contributed by atoms with Gasteiger partial charge < -0.3 is 0 Å². The van der Waals surface area contributed by atoms with Crippen LogP contribution in [0.3, 0.4) is 0 Å². The molecule has 17 heavy (non-hydrogen) atoms. The normalized spacial score (nSPS) is 37.1. The molecule has 0 spiro atoms. The van der Waals surface area contributed by atoms with Gasteiger partial charge in [0.1, 0.15) is 0 Å². The molecule has 0 aliphatic heterocycles. The number of unbranched alkanes of at least 4 members (excludes halogenated alkanes) is 3. The second kappa shape index (κ2) is 4.26. The second-order valence-corrected chi connectivity index (χ2v) is 6.63. The summed E-state index contributed by atoms with van der Waals surface area (Å²) in [7, 11) is 0. The molecule has 0 N–H and O–H groups in total. The van der Waals surface area contributed by atoms with Gasteiger partial charge in [-0.05, 0) is 42.6 Å². The van der Waals surface area contributed by atoms with Crippen molar-refractivity contribution in [2.24, 2.45) is 16.7 Å². The van der Waals surface area contributed by atoms with Crippen LogP contribution in [0.5, 0.6) is 0 Å². The molecule has 2 atom stereocenters. The number of hydrogen-bond donors (Lipinski definition) is 0. The predicted molar refractivity (Wildman–Crippen MR) is 71.8 cm³/mol. The summed E-state index contributed by atoms with van der Waals surface area (Å²) < 4.78 is 0. The monoisotopic (exact) mass is 234 g/mol. The van der Waals surface area contributed by atoms with Crippen molar-refractivity contribution >= 4 is 5.78 Å². The van der Waals surface area contributed by atoms with Crippen molar-refractivity contribution < 1.29 is 4.79 Å². The van der Waals surface area contributed by atoms with E-state index in [9.17, 15) is 4.79 Å². The molecule has 0 aromatic heterocycles. The lowest BCUT2D eigenvalue weighted by Gasteiger charge is -2.31. The van der Waals surface area contributed by atoms with Crippen molar-refractivity contribution in [2.75, 3.05) is 0 Å². The molecule has 0 unspecified atom stereocenters. The number of carbonyl (C=O) groups is 1. The summed E-state index contributed by atoms with van der Waals surface area (Å²) in [5, 5.41) is 0. The first-order valence-electron chi connectivity index (χ1n) is 7.20. The molecule has 2 fully saturated rings. The van der Waals surface area contributed by atoms with E-state index in [1.54, 1.807) is 0 Å². The predicted octanol–water partition coefficient (Wildman–Crippen LogP) is 4.52. The summed E-state index contributed by atoms with van der Waals surface area (Å²) in [5.41, 5.74) is 1.27. The fraction of sp³-hybridized carbons (Fsp3) is 0.812. The molecule has 1 nitrogen and oxygen atoms in total. The lowest BCUT2D eigenvalue weighted by atomic mass is 9.70. The van der Waals surface area contributed by atoms with Gasteiger partial charge in [-0.25, -0.2) is 0 Å². The van der Waals surface area contributed by atoms with Crippen LogP contribution in [0.4, 0.5) is 0 Å². The zero-order valence-electron chi connectivity index (χ0n) is 11.8. The van der Waals surface area contributed by atoms with Gasteiger partial charge in [0.15, 0.2) is 5.78 Å². The summed E-state index contributed by atoms with van der Waals surface area (Å²) in [6.45, 7) is 8.98. The van der Waals surface area contributed by atoms with Crippen LogP contribution in [-0.4, -0.2) is 5.78 Å². The van der Waals surface area contributed by atoms with E-state index in [0.717, 1.165) is 12.8 Å². The van der Waals surface area contributed by atoms with E-state index < -0.39 is 0 Å². The average Bonchev–Trinajstić information content (AvgIpc) is 2.58. The first-order chi connectivity index (χ1) is 7.95. The zero-order chi connectivity index (χ0) is 12.7. The summed E-state index contributed by atoms with van der Waals surface area (Å²) in [6, 6.07) is 0. The molecule has 96 valence electrons. The van der Waals surface area contributed by atoms with Crippen molar-refractivity contribution in [3.63, 3.8) is 0 Å². The van der Waals surface area contributed by atoms with Crippen LogP contribution in [0.25, 0.3) is 0 Å². The Kier molecular flexibility index (Phi) is 3.22. The number of hydrogen-bond acceptors (Lipinski definition) is 1. The van der Waals surface area contributed by atoms with Gasteiger partial charge >= 0.3 is 0 Å². The molecule has 1 heteroatoms. The summed E-state index contributed by atoms with van der Waals surface area (Å²) in [5.74, 6) is 0.983. The van der Waals surface area contributed by atoms with Crippen LogP contribution in [-0.2, 0) is 4.79 Å². The van der Waals surface area contributed by atoms with Gasteiger partial charge in [0.05, 0.1) is 0 Å². The molecule has 0 amide bonds. The van der Waals surface area contributed by atoms with E-state index in [0.29, 0.717) is 11.7 Å². The Morgan fingerprint density at radius 2 is 2.00 bits per heavy atom. The fourth-order valence-electron chi connectivity index (χ4n) is 3.81. The van der Waals surface area contributed by atoms with Gasteiger partial charge in [0.25, 0.3) is 0 Å². The number of carbonyl (C=O) groups excluding carboxylic acids is 1. The van der Waals surface area contributed by atoms with Gasteiger partial charge in [-0.2, -0.15) is 0 Å². The van der Waals surface area contributed by atoms with E-state index >= 15 is 0 Å². The molecule has 0 aromatic carbocycles. The highest BCUT2D eigenvalue weighted by Crippen LogP contribution is 2.65. The maximum atomic E-state index is 12.5. The Bertz CT molecular complexity index is 351. The van der Waals surface area contributed by atoms with Gasteiger partial charge in [-0.3, -0.25) is 4.79 Å². The van der Waals surface area contributed by atoms with Gasteiger partial charge in [-0.15, -0.1) is 0 Å². The van der Waals surface area contributed by atoms with Crippen molar-refractivity contribution in [3.05, 3.63) is 11.6 Å². The number of ketones is 1. The fourth-order valence-corrected chi connectivity index (χ4v) is 3.81.